The molecule has 2 rings (SSSR count). The number of halogens is 1. The lowest BCUT2D eigenvalue weighted by Gasteiger charge is -1.98. The Labute approximate surface area is 106 Å². The summed E-state index contributed by atoms with van der Waals surface area (Å²) in [6.45, 7) is 4.05. The van der Waals surface area contributed by atoms with E-state index in [-0.39, 0.29) is 18.4 Å². The predicted molar refractivity (Wildman–Crippen MR) is 72.1 cm³/mol. The Bertz CT molecular complexity index is 451. The number of aryl methyl sites for hydroxylation is 1. The number of hydrogen-bond donors (Lipinski definition) is 1. The van der Waals surface area contributed by atoms with Crippen LogP contribution in [-0.4, -0.2) is 4.98 Å². The summed E-state index contributed by atoms with van der Waals surface area (Å²) in [4.78, 5) is 5.80. The molecule has 0 fully saturated rings. The maximum absolute atomic E-state index is 5.82. The van der Waals surface area contributed by atoms with Crippen molar-refractivity contribution in [3.05, 3.63) is 40.2 Å². The molecule has 0 radical (unpaired) electrons. The monoisotopic (exact) mass is 254 g/mol. The van der Waals surface area contributed by atoms with Crippen molar-refractivity contribution in [3.63, 3.8) is 0 Å². The number of hydrogen-bond acceptors (Lipinski definition) is 3. The first kappa shape index (κ1) is 13.2. The number of nitrogens with two attached hydrogens (primary N) is 1. The average molecular weight is 255 g/mol. The van der Waals surface area contributed by atoms with Crippen LogP contribution in [0.15, 0.2) is 30.3 Å². The second-order valence-corrected chi connectivity index (χ2v) is 4.85. The van der Waals surface area contributed by atoms with Crippen LogP contribution in [0.4, 0.5) is 0 Å². The Balaban J connectivity index is 0.00000128. The summed E-state index contributed by atoms with van der Waals surface area (Å²) in [5.41, 5.74) is 8.05. The van der Waals surface area contributed by atoms with Crippen molar-refractivity contribution in [3.8, 4) is 11.3 Å². The van der Waals surface area contributed by atoms with Crippen LogP contribution in [0.25, 0.3) is 11.3 Å². The molecule has 0 aliphatic carbocycles. The van der Waals surface area contributed by atoms with E-state index in [1.54, 1.807) is 11.3 Å². The molecule has 86 valence electrons. The van der Waals surface area contributed by atoms with E-state index in [4.69, 9.17) is 5.73 Å². The molecule has 1 aromatic heterocycles. The molecule has 1 atom stereocenters. The van der Waals surface area contributed by atoms with E-state index in [1.807, 2.05) is 25.1 Å². The molecule has 2 nitrogen and oxygen atoms in total. The van der Waals surface area contributed by atoms with E-state index < -0.39 is 0 Å². The van der Waals surface area contributed by atoms with Crippen molar-refractivity contribution >= 4 is 23.7 Å². The Kier molecular flexibility index (Phi) is 4.47. The van der Waals surface area contributed by atoms with Crippen LogP contribution in [0, 0.1) is 6.92 Å². The molecule has 0 bridgehead atoms. The molecule has 2 aromatic rings. The first-order chi connectivity index (χ1) is 7.18. The zero-order valence-corrected chi connectivity index (χ0v) is 10.9. The van der Waals surface area contributed by atoms with Crippen molar-refractivity contribution < 1.29 is 0 Å². The van der Waals surface area contributed by atoms with Crippen LogP contribution in [0.3, 0.4) is 0 Å². The summed E-state index contributed by atoms with van der Waals surface area (Å²) in [6, 6.07) is 10.2. The van der Waals surface area contributed by atoms with E-state index in [0.717, 1.165) is 16.3 Å². The molecule has 2 N–H and O–H groups in total. The molecule has 0 amide bonds. The molecule has 0 spiro atoms. The Morgan fingerprint density at radius 2 is 1.88 bits per heavy atom. The molecule has 0 aliphatic heterocycles. The third-order valence-corrected chi connectivity index (χ3v) is 3.42. The van der Waals surface area contributed by atoms with Crippen LogP contribution in [-0.2, 0) is 0 Å². The van der Waals surface area contributed by atoms with E-state index in [2.05, 4.69) is 24.0 Å². The predicted octanol–water partition coefficient (Wildman–Crippen LogP) is 3.56. The third-order valence-electron chi connectivity index (χ3n) is 2.25. The molecule has 1 heterocycles. The van der Waals surface area contributed by atoms with Gasteiger partial charge in [0, 0.05) is 10.4 Å². The third kappa shape index (κ3) is 2.61. The van der Waals surface area contributed by atoms with Crippen LogP contribution in [0.5, 0.6) is 0 Å². The minimum absolute atomic E-state index is 0. The molecule has 16 heavy (non-hydrogen) atoms. The summed E-state index contributed by atoms with van der Waals surface area (Å²) in [5, 5.41) is 1.01. The van der Waals surface area contributed by atoms with Crippen molar-refractivity contribution in [2.24, 2.45) is 5.73 Å². The van der Waals surface area contributed by atoms with Gasteiger partial charge in [-0.1, -0.05) is 30.3 Å². The number of nitrogens with zero attached hydrogens (tertiary/aromatic N) is 1. The molecule has 1 unspecified atom stereocenters. The van der Waals surface area contributed by atoms with E-state index in [1.165, 1.54) is 4.88 Å². The summed E-state index contributed by atoms with van der Waals surface area (Å²) in [6.07, 6.45) is 0. The fraction of sp³-hybridized carbons (Fsp3) is 0.250. The fourth-order valence-electron chi connectivity index (χ4n) is 1.48. The second-order valence-electron chi connectivity index (χ2n) is 3.61. The van der Waals surface area contributed by atoms with Gasteiger partial charge in [-0.15, -0.1) is 23.7 Å². The van der Waals surface area contributed by atoms with E-state index in [0.29, 0.717) is 0 Å². The summed E-state index contributed by atoms with van der Waals surface area (Å²) in [7, 11) is 0. The lowest BCUT2D eigenvalue weighted by Crippen LogP contribution is -2.03. The standard InChI is InChI=1S/C12H14N2S.ClH/c1-8(13)12-14-11(9(2)15-12)10-6-4-3-5-7-10;/h3-8H,13H2,1-2H3;1H. The second kappa shape index (κ2) is 5.43. The number of benzene rings is 1. The molecule has 1 aromatic carbocycles. The zero-order chi connectivity index (χ0) is 10.8. The molecular weight excluding hydrogens is 240 g/mol. The van der Waals surface area contributed by atoms with Gasteiger partial charge >= 0.3 is 0 Å². The van der Waals surface area contributed by atoms with Crippen LogP contribution in [0.1, 0.15) is 22.9 Å². The Morgan fingerprint density at radius 1 is 1.25 bits per heavy atom. The minimum atomic E-state index is 0. The van der Waals surface area contributed by atoms with E-state index >= 15 is 0 Å². The maximum Gasteiger partial charge on any atom is 0.110 e. The van der Waals surface area contributed by atoms with Crippen molar-refractivity contribution in [2.45, 2.75) is 19.9 Å². The van der Waals surface area contributed by atoms with Gasteiger partial charge in [-0.25, -0.2) is 4.98 Å². The van der Waals surface area contributed by atoms with E-state index in [9.17, 15) is 0 Å². The van der Waals surface area contributed by atoms with Crippen LogP contribution >= 0.6 is 23.7 Å². The maximum atomic E-state index is 5.82. The summed E-state index contributed by atoms with van der Waals surface area (Å²) < 4.78 is 0. The van der Waals surface area contributed by atoms with Crippen LogP contribution < -0.4 is 5.73 Å². The molecular formula is C12H15ClN2S. The smallest absolute Gasteiger partial charge is 0.110 e. The first-order valence-electron chi connectivity index (χ1n) is 4.97. The average Bonchev–Trinajstić information content (AvgIpc) is 2.62. The normalized spacial score (nSPS) is 11.9. The Morgan fingerprint density at radius 3 is 2.38 bits per heavy atom. The highest BCUT2D eigenvalue weighted by atomic mass is 35.5. The lowest BCUT2D eigenvalue weighted by molar-refractivity contribution is 0.808. The number of rotatable bonds is 2. The minimum Gasteiger partial charge on any atom is -0.322 e. The summed E-state index contributed by atoms with van der Waals surface area (Å²) >= 11 is 1.68. The molecule has 4 heteroatoms. The highest BCUT2D eigenvalue weighted by molar-refractivity contribution is 7.12. The van der Waals surface area contributed by atoms with Gasteiger partial charge in [0.25, 0.3) is 0 Å². The zero-order valence-electron chi connectivity index (χ0n) is 9.31. The van der Waals surface area contributed by atoms with Crippen LogP contribution in [0.2, 0.25) is 0 Å². The lowest BCUT2D eigenvalue weighted by atomic mass is 10.1. The topological polar surface area (TPSA) is 38.9 Å². The van der Waals surface area contributed by atoms with Gasteiger partial charge in [-0.2, -0.15) is 0 Å². The number of aromatic nitrogens is 1. The quantitative estimate of drug-likeness (QED) is 0.890. The largest absolute Gasteiger partial charge is 0.322 e. The van der Waals surface area contributed by atoms with Crippen molar-refractivity contribution in [1.82, 2.24) is 4.98 Å². The van der Waals surface area contributed by atoms with Gasteiger partial charge in [0.2, 0.25) is 0 Å². The molecule has 0 saturated carbocycles. The fourth-order valence-corrected chi connectivity index (χ4v) is 2.37. The number of thiazole rings is 1. The molecule has 0 saturated heterocycles. The van der Waals surface area contributed by atoms with Crippen molar-refractivity contribution in [1.29, 1.82) is 0 Å². The van der Waals surface area contributed by atoms with Gasteiger partial charge in [0.1, 0.15) is 5.01 Å². The Hall–Kier alpha value is -0.900. The highest BCUT2D eigenvalue weighted by Crippen LogP contribution is 2.29. The van der Waals surface area contributed by atoms with Gasteiger partial charge < -0.3 is 5.73 Å². The molecule has 0 aliphatic rings. The SMILES string of the molecule is Cc1sc(C(C)N)nc1-c1ccccc1.Cl. The van der Waals surface area contributed by atoms with Gasteiger partial charge in [0.05, 0.1) is 11.7 Å². The summed E-state index contributed by atoms with van der Waals surface area (Å²) in [5.74, 6) is 0. The first-order valence-corrected chi connectivity index (χ1v) is 5.78. The highest BCUT2D eigenvalue weighted by Gasteiger charge is 2.11. The van der Waals surface area contributed by atoms with Gasteiger partial charge in [-0.3, -0.25) is 0 Å². The van der Waals surface area contributed by atoms with Gasteiger partial charge in [0.15, 0.2) is 0 Å². The van der Waals surface area contributed by atoms with Gasteiger partial charge in [-0.05, 0) is 13.8 Å². The van der Waals surface area contributed by atoms with Crippen molar-refractivity contribution in [2.75, 3.05) is 0 Å².